The molecule has 8 heteroatoms. The summed E-state index contributed by atoms with van der Waals surface area (Å²) in [4.78, 5) is 16.5. The van der Waals surface area contributed by atoms with Crippen LogP contribution in [0.25, 0.3) is 11.3 Å². The van der Waals surface area contributed by atoms with E-state index in [9.17, 15) is 4.79 Å². The highest BCUT2D eigenvalue weighted by molar-refractivity contribution is 7.14. The molecule has 1 aliphatic heterocycles. The summed E-state index contributed by atoms with van der Waals surface area (Å²) in [5, 5.41) is 8.33. The third-order valence-electron chi connectivity index (χ3n) is 3.48. The second-order valence-corrected chi connectivity index (χ2v) is 6.49. The number of rotatable bonds is 3. The van der Waals surface area contributed by atoms with Gasteiger partial charge in [-0.2, -0.15) is 0 Å². The van der Waals surface area contributed by atoms with Gasteiger partial charge in [0.15, 0.2) is 16.6 Å². The Balaban J connectivity index is 1.45. The molecule has 0 spiro atoms. The Morgan fingerprint density at radius 1 is 1.12 bits per heavy atom. The molecule has 126 valence electrons. The van der Waals surface area contributed by atoms with Crippen molar-refractivity contribution >= 4 is 39.8 Å². The molecule has 4 rings (SSSR count). The van der Waals surface area contributed by atoms with Gasteiger partial charge in [-0.3, -0.25) is 5.32 Å². The number of carbonyl (C=O) groups excluding carboxylic acids is 1. The van der Waals surface area contributed by atoms with Crippen molar-refractivity contribution in [2.24, 2.45) is 0 Å². The molecule has 1 aromatic heterocycles. The van der Waals surface area contributed by atoms with Gasteiger partial charge in [0.25, 0.3) is 0 Å². The Morgan fingerprint density at radius 3 is 2.88 bits per heavy atom. The van der Waals surface area contributed by atoms with Crippen LogP contribution in [0, 0.1) is 0 Å². The van der Waals surface area contributed by atoms with Gasteiger partial charge >= 0.3 is 6.03 Å². The van der Waals surface area contributed by atoms with E-state index in [1.165, 1.54) is 11.3 Å². The van der Waals surface area contributed by atoms with Crippen LogP contribution in [0.5, 0.6) is 11.5 Å². The first-order valence-corrected chi connectivity index (χ1v) is 8.62. The molecule has 0 fully saturated rings. The number of hydrogen-bond donors (Lipinski definition) is 2. The minimum absolute atomic E-state index is 0.229. The second kappa shape index (κ2) is 6.62. The molecule has 0 aliphatic carbocycles. The van der Waals surface area contributed by atoms with Crippen molar-refractivity contribution in [2.75, 3.05) is 17.4 Å². The normalized spacial score (nSPS) is 12.0. The maximum Gasteiger partial charge on any atom is 0.325 e. The minimum atomic E-state index is -0.381. The Morgan fingerprint density at radius 2 is 2.00 bits per heavy atom. The maximum atomic E-state index is 12.1. The Hall–Kier alpha value is -2.77. The van der Waals surface area contributed by atoms with Crippen molar-refractivity contribution < 1.29 is 14.3 Å². The van der Waals surface area contributed by atoms with E-state index < -0.39 is 0 Å². The number of thiazole rings is 1. The Labute approximate surface area is 152 Å². The molecule has 0 radical (unpaired) electrons. The molecular formula is C17H12ClN3O3S. The molecule has 0 saturated carbocycles. The van der Waals surface area contributed by atoms with Crippen LogP contribution in [0.3, 0.4) is 0 Å². The van der Waals surface area contributed by atoms with Crippen molar-refractivity contribution in [2.45, 2.75) is 0 Å². The van der Waals surface area contributed by atoms with Gasteiger partial charge in [0, 0.05) is 21.7 Å². The van der Waals surface area contributed by atoms with Gasteiger partial charge in [-0.1, -0.05) is 17.7 Å². The lowest BCUT2D eigenvalue weighted by atomic mass is 10.1. The number of urea groups is 1. The fourth-order valence-corrected chi connectivity index (χ4v) is 3.25. The number of fused-ring (bicyclic) bond motifs is 1. The van der Waals surface area contributed by atoms with Crippen LogP contribution in [-0.4, -0.2) is 17.8 Å². The van der Waals surface area contributed by atoms with Gasteiger partial charge in [-0.05, 0) is 36.4 Å². The maximum absolute atomic E-state index is 12.1. The molecule has 0 unspecified atom stereocenters. The third-order valence-corrected chi connectivity index (χ3v) is 4.47. The van der Waals surface area contributed by atoms with E-state index in [2.05, 4.69) is 15.6 Å². The van der Waals surface area contributed by atoms with Crippen LogP contribution < -0.4 is 20.1 Å². The lowest BCUT2D eigenvalue weighted by Gasteiger charge is -2.05. The number of aromatic nitrogens is 1. The summed E-state index contributed by atoms with van der Waals surface area (Å²) in [7, 11) is 0. The molecule has 6 nitrogen and oxygen atoms in total. The number of ether oxygens (including phenoxy) is 2. The van der Waals surface area contributed by atoms with E-state index in [1.54, 1.807) is 24.3 Å². The predicted octanol–water partition coefficient (Wildman–Crippen LogP) is 4.84. The zero-order valence-corrected chi connectivity index (χ0v) is 14.4. The number of benzene rings is 2. The molecule has 2 amide bonds. The highest BCUT2D eigenvalue weighted by Gasteiger charge is 2.15. The lowest BCUT2D eigenvalue weighted by molar-refractivity contribution is 0.174. The monoisotopic (exact) mass is 373 g/mol. The van der Waals surface area contributed by atoms with Crippen LogP contribution >= 0.6 is 22.9 Å². The average Bonchev–Trinajstić information content (AvgIpc) is 3.23. The van der Waals surface area contributed by atoms with Crippen LogP contribution in [0.1, 0.15) is 0 Å². The zero-order valence-electron chi connectivity index (χ0n) is 12.8. The van der Waals surface area contributed by atoms with E-state index in [4.69, 9.17) is 21.1 Å². The minimum Gasteiger partial charge on any atom is -0.454 e. The van der Waals surface area contributed by atoms with E-state index in [0.29, 0.717) is 21.6 Å². The SMILES string of the molecule is O=C(Nc1cccc(Cl)c1)Nc1nc(-c2ccc3c(c2)OCO3)cs1. The second-order valence-electron chi connectivity index (χ2n) is 5.20. The molecule has 0 atom stereocenters. The number of hydrogen-bond acceptors (Lipinski definition) is 5. The smallest absolute Gasteiger partial charge is 0.325 e. The van der Waals surface area contributed by atoms with Gasteiger partial charge in [0.1, 0.15) is 0 Å². The van der Waals surface area contributed by atoms with Crippen molar-refractivity contribution in [3.8, 4) is 22.8 Å². The summed E-state index contributed by atoms with van der Waals surface area (Å²) in [6, 6.07) is 12.2. The molecule has 0 bridgehead atoms. The molecule has 2 N–H and O–H groups in total. The Kier molecular flexibility index (Phi) is 4.17. The van der Waals surface area contributed by atoms with E-state index in [0.717, 1.165) is 17.0 Å². The molecular weight excluding hydrogens is 362 g/mol. The van der Waals surface area contributed by atoms with Gasteiger partial charge < -0.3 is 14.8 Å². The van der Waals surface area contributed by atoms with E-state index in [-0.39, 0.29) is 12.8 Å². The third kappa shape index (κ3) is 3.52. The molecule has 1 aliphatic rings. The standard InChI is InChI=1S/C17H12ClN3O3S/c18-11-2-1-3-12(7-11)19-16(22)21-17-20-13(8-25-17)10-4-5-14-15(6-10)24-9-23-14/h1-8H,9H2,(H2,19,20,21,22). The Bertz CT molecular complexity index is 944. The molecule has 2 heterocycles. The molecule has 0 saturated heterocycles. The predicted molar refractivity (Wildman–Crippen MR) is 97.8 cm³/mol. The first-order chi connectivity index (χ1) is 12.2. The van der Waals surface area contributed by atoms with Crippen LogP contribution in [-0.2, 0) is 0 Å². The van der Waals surface area contributed by atoms with Crippen molar-refractivity contribution in [3.05, 3.63) is 52.9 Å². The first kappa shape index (κ1) is 15.7. The fraction of sp³-hybridized carbons (Fsp3) is 0.0588. The van der Waals surface area contributed by atoms with Gasteiger partial charge in [0.05, 0.1) is 5.69 Å². The molecule has 3 aromatic rings. The van der Waals surface area contributed by atoms with E-state index >= 15 is 0 Å². The highest BCUT2D eigenvalue weighted by atomic mass is 35.5. The molecule has 2 aromatic carbocycles. The van der Waals surface area contributed by atoms with Crippen molar-refractivity contribution in [1.82, 2.24) is 4.98 Å². The van der Waals surface area contributed by atoms with Gasteiger partial charge in [-0.15, -0.1) is 11.3 Å². The summed E-state index contributed by atoms with van der Waals surface area (Å²) in [6.07, 6.45) is 0. The van der Waals surface area contributed by atoms with Crippen LogP contribution in [0.15, 0.2) is 47.8 Å². The number of carbonyl (C=O) groups is 1. The summed E-state index contributed by atoms with van der Waals surface area (Å²) in [5.74, 6) is 1.41. The quantitative estimate of drug-likeness (QED) is 0.689. The summed E-state index contributed by atoms with van der Waals surface area (Å²) < 4.78 is 10.7. The van der Waals surface area contributed by atoms with Gasteiger partial charge in [0.2, 0.25) is 6.79 Å². The number of halogens is 1. The topological polar surface area (TPSA) is 72.5 Å². The summed E-state index contributed by atoms with van der Waals surface area (Å²) in [6.45, 7) is 0.229. The highest BCUT2D eigenvalue weighted by Crippen LogP contribution is 2.36. The molecule has 25 heavy (non-hydrogen) atoms. The summed E-state index contributed by atoms with van der Waals surface area (Å²) in [5.41, 5.74) is 2.25. The van der Waals surface area contributed by atoms with Crippen LogP contribution in [0.2, 0.25) is 5.02 Å². The van der Waals surface area contributed by atoms with Crippen molar-refractivity contribution in [3.63, 3.8) is 0 Å². The van der Waals surface area contributed by atoms with Crippen molar-refractivity contribution in [1.29, 1.82) is 0 Å². The lowest BCUT2D eigenvalue weighted by Crippen LogP contribution is -2.19. The van der Waals surface area contributed by atoms with Crippen LogP contribution in [0.4, 0.5) is 15.6 Å². The number of anilines is 2. The fourth-order valence-electron chi connectivity index (χ4n) is 2.35. The van der Waals surface area contributed by atoms with Gasteiger partial charge in [-0.25, -0.2) is 9.78 Å². The largest absolute Gasteiger partial charge is 0.454 e. The van der Waals surface area contributed by atoms with E-state index in [1.807, 2.05) is 23.6 Å². The number of nitrogens with zero attached hydrogens (tertiary/aromatic N) is 1. The first-order valence-electron chi connectivity index (χ1n) is 7.36. The number of nitrogens with one attached hydrogen (secondary N) is 2. The zero-order chi connectivity index (χ0) is 17.2. The average molecular weight is 374 g/mol. The number of amides is 2. The summed E-state index contributed by atoms with van der Waals surface area (Å²) >= 11 is 7.24.